The lowest BCUT2D eigenvalue weighted by Crippen LogP contribution is -2.20. The highest BCUT2D eigenvalue weighted by Crippen LogP contribution is 2.06. The van der Waals surface area contributed by atoms with Gasteiger partial charge < -0.3 is 10.2 Å². The number of thiol groups is 1. The van der Waals surface area contributed by atoms with Crippen molar-refractivity contribution in [3.63, 3.8) is 0 Å². The van der Waals surface area contributed by atoms with Crippen LogP contribution in [0.3, 0.4) is 0 Å². The molecule has 0 bridgehead atoms. The van der Waals surface area contributed by atoms with Crippen LogP contribution in [0.2, 0.25) is 0 Å². The van der Waals surface area contributed by atoms with Crippen molar-refractivity contribution < 1.29 is 19.8 Å². The Kier molecular flexibility index (Phi) is 2.95. The van der Waals surface area contributed by atoms with Gasteiger partial charge in [0.05, 0.1) is 5.57 Å². The molecule has 2 N–H and O–H groups in total. The van der Waals surface area contributed by atoms with Crippen molar-refractivity contribution in [2.45, 2.75) is 5.25 Å². The molecule has 0 saturated heterocycles. The van der Waals surface area contributed by atoms with Crippen molar-refractivity contribution in [1.29, 1.82) is 0 Å². The van der Waals surface area contributed by atoms with Gasteiger partial charge in [0.2, 0.25) is 0 Å². The lowest BCUT2D eigenvalue weighted by Gasteiger charge is -2.02. The normalized spacial score (nSPS) is 12.1. The molecule has 0 aliphatic heterocycles. The standard InChI is InChI=1S/C5H6O4S/c1-2(4(6)7)3(10)5(8)9/h3,10H,1H2,(H,6,7)(H,8,9)/t3-/m1/s1. The van der Waals surface area contributed by atoms with E-state index in [1.165, 1.54) is 0 Å². The molecule has 0 aliphatic rings. The minimum atomic E-state index is -1.34. The van der Waals surface area contributed by atoms with E-state index in [0.717, 1.165) is 0 Å². The van der Waals surface area contributed by atoms with Crippen molar-refractivity contribution >= 4 is 24.6 Å². The van der Waals surface area contributed by atoms with Gasteiger partial charge in [0.15, 0.2) is 0 Å². The summed E-state index contributed by atoms with van der Waals surface area (Å²) in [7, 11) is 0. The third-order valence-corrected chi connectivity index (χ3v) is 1.37. The summed E-state index contributed by atoms with van der Waals surface area (Å²) in [5, 5.41) is 15.1. The van der Waals surface area contributed by atoms with Crippen LogP contribution >= 0.6 is 12.6 Å². The first-order valence-corrected chi connectivity index (χ1v) is 2.81. The van der Waals surface area contributed by atoms with E-state index in [1.54, 1.807) is 0 Å². The molecule has 4 nitrogen and oxygen atoms in total. The van der Waals surface area contributed by atoms with Gasteiger partial charge in [-0.2, -0.15) is 12.6 Å². The summed E-state index contributed by atoms with van der Waals surface area (Å²) in [4.78, 5) is 20.1. The molecule has 0 heterocycles. The van der Waals surface area contributed by atoms with E-state index in [2.05, 4.69) is 19.2 Å². The second-order valence-electron chi connectivity index (χ2n) is 1.57. The van der Waals surface area contributed by atoms with E-state index in [0.29, 0.717) is 0 Å². The van der Waals surface area contributed by atoms with E-state index in [4.69, 9.17) is 10.2 Å². The zero-order chi connectivity index (χ0) is 8.31. The maximum atomic E-state index is 10.0. The minimum absolute atomic E-state index is 0.434. The fraction of sp³-hybridized carbons (Fsp3) is 0.200. The van der Waals surface area contributed by atoms with Gasteiger partial charge >= 0.3 is 11.9 Å². The smallest absolute Gasteiger partial charge is 0.332 e. The summed E-state index contributed by atoms with van der Waals surface area (Å²) in [5.74, 6) is -2.65. The Morgan fingerprint density at radius 1 is 1.40 bits per heavy atom. The third kappa shape index (κ3) is 2.10. The molecule has 0 spiro atoms. The Hall–Kier alpha value is -0.970. The number of carboxylic acid groups (broad SMARTS) is 2. The Bertz CT molecular complexity index is 186. The fourth-order valence-electron chi connectivity index (χ4n) is 0.266. The first-order valence-electron chi connectivity index (χ1n) is 2.29. The molecule has 0 radical (unpaired) electrons. The lowest BCUT2D eigenvalue weighted by atomic mass is 10.2. The molecular weight excluding hydrogens is 156 g/mol. The van der Waals surface area contributed by atoms with Crippen LogP contribution in [0.15, 0.2) is 12.2 Å². The van der Waals surface area contributed by atoms with Gasteiger partial charge in [0.25, 0.3) is 0 Å². The summed E-state index contributed by atoms with van der Waals surface area (Å²) >= 11 is 3.48. The molecule has 0 unspecified atom stereocenters. The third-order valence-electron chi connectivity index (χ3n) is 0.839. The van der Waals surface area contributed by atoms with E-state index < -0.39 is 22.8 Å². The number of carbonyl (C=O) groups is 2. The summed E-state index contributed by atoms with van der Waals surface area (Å²) in [5.41, 5.74) is -0.434. The summed E-state index contributed by atoms with van der Waals surface area (Å²) in [6.07, 6.45) is 0. The Balaban J connectivity index is 4.22. The van der Waals surface area contributed by atoms with Crippen LogP contribution in [0.25, 0.3) is 0 Å². The molecule has 0 amide bonds. The predicted octanol–water partition coefficient (Wildman–Crippen LogP) is 0.0102. The van der Waals surface area contributed by atoms with Crippen LogP contribution in [-0.2, 0) is 9.59 Å². The van der Waals surface area contributed by atoms with Gasteiger partial charge in [-0.1, -0.05) is 6.58 Å². The molecule has 0 fully saturated rings. The van der Waals surface area contributed by atoms with Crippen LogP contribution in [0.1, 0.15) is 0 Å². The molecular formula is C5H6O4S. The van der Waals surface area contributed by atoms with Gasteiger partial charge in [-0.05, 0) is 0 Å². The van der Waals surface area contributed by atoms with Crippen molar-refractivity contribution in [1.82, 2.24) is 0 Å². The monoisotopic (exact) mass is 162 g/mol. The maximum absolute atomic E-state index is 10.0. The molecule has 1 atom stereocenters. The molecule has 0 aromatic carbocycles. The Morgan fingerprint density at radius 2 is 1.80 bits per heavy atom. The van der Waals surface area contributed by atoms with Gasteiger partial charge in [-0.15, -0.1) is 0 Å². The molecule has 5 heteroatoms. The van der Waals surface area contributed by atoms with E-state index in [-0.39, 0.29) is 0 Å². The largest absolute Gasteiger partial charge is 0.480 e. The van der Waals surface area contributed by atoms with Crippen LogP contribution in [0, 0.1) is 0 Å². The Labute approximate surface area is 62.6 Å². The number of carboxylic acids is 2. The summed E-state index contributed by atoms with van der Waals surface area (Å²) in [6.45, 7) is 3.02. The average Bonchev–Trinajstić information content (AvgIpc) is 1.84. The van der Waals surface area contributed by atoms with Crippen molar-refractivity contribution in [2.24, 2.45) is 0 Å². The number of aliphatic carboxylic acids is 2. The highest BCUT2D eigenvalue weighted by atomic mass is 32.1. The van der Waals surface area contributed by atoms with Crippen LogP contribution in [-0.4, -0.2) is 27.4 Å². The van der Waals surface area contributed by atoms with Crippen molar-refractivity contribution in [3.8, 4) is 0 Å². The van der Waals surface area contributed by atoms with Crippen molar-refractivity contribution in [2.75, 3.05) is 0 Å². The van der Waals surface area contributed by atoms with Crippen LogP contribution in [0.5, 0.6) is 0 Å². The highest BCUT2D eigenvalue weighted by Gasteiger charge is 2.20. The van der Waals surface area contributed by atoms with Gasteiger partial charge in [0, 0.05) is 0 Å². The number of hydrogen-bond acceptors (Lipinski definition) is 3. The highest BCUT2D eigenvalue weighted by molar-refractivity contribution is 7.82. The molecule has 10 heavy (non-hydrogen) atoms. The van der Waals surface area contributed by atoms with E-state index in [1.807, 2.05) is 0 Å². The lowest BCUT2D eigenvalue weighted by molar-refractivity contribution is -0.139. The number of rotatable bonds is 3. The minimum Gasteiger partial charge on any atom is -0.480 e. The second kappa shape index (κ2) is 3.26. The zero-order valence-corrected chi connectivity index (χ0v) is 5.84. The summed E-state index contributed by atoms with van der Waals surface area (Å²) in [6, 6.07) is 0. The van der Waals surface area contributed by atoms with Crippen LogP contribution in [0.4, 0.5) is 0 Å². The Morgan fingerprint density at radius 3 is 1.90 bits per heavy atom. The van der Waals surface area contributed by atoms with Gasteiger partial charge in [0.1, 0.15) is 5.25 Å². The topological polar surface area (TPSA) is 74.6 Å². The molecule has 56 valence electrons. The van der Waals surface area contributed by atoms with Gasteiger partial charge in [-0.25, -0.2) is 4.79 Å². The zero-order valence-electron chi connectivity index (χ0n) is 4.94. The molecule has 0 aromatic heterocycles. The SMILES string of the molecule is C=C(C(=O)O)[C@@H](S)C(=O)O. The first-order chi connectivity index (χ1) is 4.46. The number of hydrogen-bond donors (Lipinski definition) is 3. The van der Waals surface area contributed by atoms with E-state index in [9.17, 15) is 9.59 Å². The summed E-state index contributed by atoms with van der Waals surface area (Å²) < 4.78 is 0. The quantitative estimate of drug-likeness (QED) is 0.403. The van der Waals surface area contributed by atoms with Crippen molar-refractivity contribution in [3.05, 3.63) is 12.2 Å². The van der Waals surface area contributed by atoms with E-state index >= 15 is 0 Å². The average molecular weight is 162 g/mol. The molecule has 0 saturated carbocycles. The van der Waals surface area contributed by atoms with Crippen LogP contribution < -0.4 is 0 Å². The first kappa shape index (κ1) is 9.03. The molecule has 0 aromatic rings. The van der Waals surface area contributed by atoms with Gasteiger partial charge in [-0.3, -0.25) is 4.79 Å². The maximum Gasteiger partial charge on any atom is 0.332 e. The molecule has 0 rings (SSSR count). The predicted molar refractivity (Wildman–Crippen MR) is 37.2 cm³/mol. The fourth-order valence-corrected chi connectivity index (χ4v) is 0.376. The molecule has 0 aliphatic carbocycles. The second-order valence-corrected chi connectivity index (χ2v) is 2.09.